The minimum absolute atomic E-state index is 0.411. The molecule has 0 heteroatoms. The first-order chi connectivity index (χ1) is 15.3. The first kappa shape index (κ1) is 19.3. The van der Waals surface area contributed by atoms with Crippen LogP contribution >= 0.6 is 0 Å². The molecule has 31 heavy (non-hydrogen) atoms. The Labute approximate surface area is 185 Å². The molecule has 150 valence electrons. The van der Waals surface area contributed by atoms with Crippen LogP contribution in [0.1, 0.15) is 42.0 Å². The summed E-state index contributed by atoms with van der Waals surface area (Å²) in [5.41, 5.74) is 12.0. The van der Waals surface area contributed by atoms with Crippen LogP contribution in [0.5, 0.6) is 0 Å². The number of rotatable bonds is 5. The third-order valence-electron chi connectivity index (χ3n) is 6.17. The van der Waals surface area contributed by atoms with E-state index in [9.17, 15) is 0 Å². The van der Waals surface area contributed by atoms with Gasteiger partial charge in [-0.3, -0.25) is 0 Å². The Hall–Kier alpha value is -3.64. The Morgan fingerprint density at radius 1 is 0.645 bits per heavy atom. The smallest absolute Gasteiger partial charge is 0.0352 e. The molecular formula is C31H26. The van der Waals surface area contributed by atoms with Gasteiger partial charge in [-0.2, -0.15) is 0 Å². The van der Waals surface area contributed by atoms with E-state index in [1.54, 1.807) is 0 Å². The van der Waals surface area contributed by atoms with Gasteiger partial charge in [-0.15, -0.1) is 0 Å². The van der Waals surface area contributed by atoms with Crippen molar-refractivity contribution in [2.45, 2.75) is 19.8 Å². The van der Waals surface area contributed by atoms with Crippen molar-refractivity contribution in [3.63, 3.8) is 0 Å². The third-order valence-corrected chi connectivity index (χ3v) is 6.17. The van der Waals surface area contributed by atoms with Crippen LogP contribution in [0, 0.1) is 0 Å². The quantitative estimate of drug-likeness (QED) is 0.260. The Kier molecular flexibility index (Phi) is 5.14. The largest absolute Gasteiger partial charge is 0.0871 e. The van der Waals surface area contributed by atoms with Crippen molar-refractivity contribution in [2.75, 3.05) is 0 Å². The molecule has 0 aliphatic heterocycles. The second-order valence-corrected chi connectivity index (χ2v) is 8.05. The van der Waals surface area contributed by atoms with Gasteiger partial charge in [-0.25, -0.2) is 0 Å². The van der Waals surface area contributed by atoms with Crippen molar-refractivity contribution in [3.05, 3.63) is 138 Å². The van der Waals surface area contributed by atoms with Gasteiger partial charge in [0.15, 0.2) is 0 Å². The van der Waals surface area contributed by atoms with Crippen molar-refractivity contribution >= 4 is 5.57 Å². The van der Waals surface area contributed by atoms with Crippen LogP contribution in [-0.2, 0) is 0 Å². The number of allylic oxidation sites excluding steroid dienone is 4. The molecule has 0 N–H and O–H groups in total. The van der Waals surface area contributed by atoms with Gasteiger partial charge >= 0.3 is 0 Å². The van der Waals surface area contributed by atoms with Gasteiger partial charge in [0.05, 0.1) is 0 Å². The lowest BCUT2D eigenvalue weighted by Crippen LogP contribution is -1.86. The molecule has 0 spiro atoms. The molecule has 1 atom stereocenters. The number of fused-ring (bicyclic) bond motifs is 1. The normalized spacial score (nSPS) is 15.2. The van der Waals surface area contributed by atoms with Crippen molar-refractivity contribution in [1.29, 1.82) is 0 Å². The van der Waals surface area contributed by atoms with Gasteiger partial charge in [0, 0.05) is 5.92 Å². The predicted octanol–water partition coefficient (Wildman–Crippen LogP) is 8.49. The van der Waals surface area contributed by atoms with Gasteiger partial charge in [0.2, 0.25) is 0 Å². The highest BCUT2D eigenvalue weighted by molar-refractivity contribution is 5.83. The predicted molar refractivity (Wildman–Crippen MR) is 133 cm³/mol. The standard InChI is InChI=1S/C31H26/c1-3-10-22(4-2)28-15-9-16-29-30(31(28)29)27-14-8-13-26(21-27)25-19-17-24(18-20-25)23-11-6-5-7-12-23/h3-21,30H,1-2H3/b10-3-,22-4+. The molecule has 0 fully saturated rings. The van der Waals surface area contributed by atoms with Crippen LogP contribution in [0.15, 0.2) is 115 Å². The molecule has 0 radical (unpaired) electrons. The molecule has 4 aromatic carbocycles. The molecule has 1 aliphatic rings. The van der Waals surface area contributed by atoms with Gasteiger partial charge in [-0.1, -0.05) is 115 Å². The summed E-state index contributed by atoms with van der Waals surface area (Å²) in [5, 5.41) is 0. The molecule has 1 aliphatic carbocycles. The second kappa shape index (κ2) is 8.24. The lowest BCUT2D eigenvalue weighted by molar-refractivity contribution is 1.20. The zero-order chi connectivity index (χ0) is 21.2. The Balaban J connectivity index is 1.45. The molecule has 1 unspecified atom stereocenters. The Morgan fingerprint density at radius 3 is 2.00 bits per heavy atom. The molecule has 0 aromatic heterocycles. The summed E-state index contributed by atoms with van der Waals surface area (Å²) >= 11 is 0. The first-order valence-corrected chi connectivity index (χ1v) is 11.0. The summed E-state index contributed by atoms with van der Waals surface area (Å²) in [6, 6.07) is 35.2. The minimum Gasteiger partial charge on any atom is -0.0871 e. The van der Waals surface area contributed by atoms with E-state index >= 15 is 0 Å². The molecule has 4 aromatic rings. The van der Waals surface area contributed by atoms with E-state index in [-0.39, 0.29) is 0 Å². The molecule has 0 amide bonds. The van der Waals surface area contributed by atoms with Crippen molar-refractivity contribution in [2.24, 2.45) is 0 Å². The summed E-state index contributed by atoms with van der Waals surface area (Å²) in [6.07, 6.45) is 6.53. The van der Waals surface area contributed by atoms with E-state index in [0.717, 1.165) is 0 Å². The fourth-order valence-electron chi connectivity index (χ4n) is 4.58. The van der Waals surface area contributed by atoms with Crippen molar-refractivity contribution in [1.82, 2.24) is 0 Å². The number of hydrogen-bond acceptors (Lipinski definition) is 0. The zero-order valence-corrected chi connectivity index (χ0v) is 18.0. The summed E-state index contributed by atoms with van der Waals surface area (Å²) in [7, 11) is 0. The van der Waals surface area contributed by atoms with Crippen LogP contribution in [-0.4, -0.2) is 0 Å². The Bertz CT molecular complexity index is 1270. The van der Waals surface area contributed by atoms with Crippen LogP contribution in [0.25, 0.3) is 27.8 Å². The van der Waals surface area contributed by atoms with Crippen LogP contribution in [0.4, 0.5) is 0 Å². The van der Waals surface area contributed by atoms with E-state index in [2.05, 4.69) is 129 Å². The van der Waals surface area contributed by atoms with Crippen LogP contribution in [0.3, 0.4) is 0 Å². The van der Waals surface area contributed by atoms with E-state index in [1.165, 1.54) is 50.1 Å². The van der Waals surface area contributed by atoms with Gasteiger partial charge in [0.25, 0.3) is 0 Å². The summed E-state index contributed by atoms with van der Waals surface area (Å²) in [6.45, 7) is 4.20. The molecular weight excluding hydrogens is 372 g/mol. The molecule has 0 heterocycles. The first-order valence-electron chi connectivity index (χ1n) is 11.0. The summed E-state index contributed by atoms with van der Waals surface area (Å²) < 4.78 is 0. The molecule has 0 bridgehead atoms. The van der Waals surface area contributed by atoms with Crippen molar-refractivity contribution in [3.8, 4) is 22.3 Å². The van der Waals surface area contributed by atoms with Crippen LogP contribution < -0.4 is 0 Å². The number of hydrogen-bond donors (Lipinski definition) is 0. The SMILES string of the molecule is C/C=C\C(=C/C)c1cccc2c1C2c1cccc(-c2ccc(-c3ccccc3)cc2)c1. The highest BCUT2D eigenvalue weighted by Crippen LogP contribution is 2.52. The molecule has 0 saturated heterocycles. The highest BCUT2D eigenvalue weighted by atomic mass is 14.4. The average Bonchev–Trinajstić information content (AvgIpc) is 3.58. The van der Waals surface area contributed by atoms with Gasteiger partial charge in [-0.05, 0) is 63.9 Å². The maximum atomic E-state index is 2.36. The fraction of sp³-hybridized carbons (Fsp3) is 0.0968. The van der Waals surface area contributed by atoms with Crippen molar-refractivity contribution < 1.29 is 0 Å². The van der Waals surface area contributed by atoms with Crippen LogP contribution in [0.2, 0.25) is 0 Å². The summed E-state index contributed by atoms with van der Waals surface area (Å²) in [4.78, 5) is 0. The summed E-state index contributed by atoms with van der Waals surface area (Å²) in [5.74, 6) is 0.411. The monoisotopic (exact) mass is 398 g/mol. The second-order valence-electron chi connectivity index (χ2n) is 8.05. The minimum atomic E-state index is 0.411. The maximum Gasteiger partial charge on any atom is 0.0352 e. The Morgan fingerprint density at radius 2 is 1.29 bits per heavy atom. The molecule has 0 saturated carbocycles. The third kappa shape index (κ3) is 3.66. The van der Waals surface area contributed by atoms with E-state index in [0.29, 0.717) is 5.92 Å². The molecule has 5 rings (SSSR count). The van der Waals surface area contributed by atoms with E-state index in [4.69, 9.17) is 0 Å². The van der Waals surface area contributed by atoms with E-state index < -0.39 is 0 Å². The average molecular weight is 399 g/mol. The lowest BCUT2D eigenvalue weighted by atomic mass is 9.97. The fourth-order valence-corrected chi connectivity index (χ4v) is 4.58. The lowest BCUT2D eigenvalue weighted by Gasteiger charge is -2.08. The maximum absolute atomic E-state index is 2.36. The van der Waals surface area contributed by atoms with Gasteiger partial charge in [0.1, 0.15) is 0 Å². The zero-order valence-electron chi connectivity index (χ0n) is 18.0. The molecule has 0 nitrogen and oxygen atoms in total. The van der Waals surface area contributed by atoms with E-state index in [1.807, 2.05) is 0 Å². The van der Waals surface area contributed by atoms with Gasteiger partial charge < -0.3 is 0 Å². The number of benzene rings is 4. The topological polar surface area (TPSA) is 0 Å². The highest BCUT2D eigenvalue weighted by Gasteiger charge is 2.36.